The summed E-state index contributed by atoms with van der Waals surface area (Å²) in [4.78, 5) is 4.42. The van der Waals surface area contributed by atoms with Crippen LogP contribution in [0.5, 0.6) is 0 Å². The van der Waals surface area contributed by atoms with Gasteiger partial charge in [0.1, 0.15) is 5.52 Å². The third kappa shape index (κ3) is 2.21. The number of rotatable bonds is 3. The van der Waals surface area contributed by atoms with Gasteiger partial charge in [-0.1, -0.05) is 30.5 Å². The number of imidazole rings is 1. The van der Waals surface area contributed by atoms with Gasteiger partial charge in [-0.2, -0.15) is 11.8 Å². The van der Waals surface area contributed by atoms with Gasteiger partial charge in [-0.15, -0.1) is 0 Å². The van der Waals surface area contributed by atoms with Gasteiger partial charge in [-0.25, -0.2) is 4.98 Å². The Hall–Kier alpha value is -0.870. The van der Waals surface area contributed by atoms with E-state index in [0.717, 1.165) is 17.6 Å². The summed E-state index contributed by atoms with van der Waals surface area (Å²) in [5.74, 6) is 0.573. The average molecular weight is 296 g/mol. The van der Waals surface area contributed by atoms with Crippen molar-refractivity contribution < 1.29 is 0 Å². The highest BCUT2D eigenvalue weighted by atomic mass is 35.5. The SMILES string of the molecule is CSC1(Cn2c(N)nc3c(Cl)cccc32)CCCC1. The van der Waals surface area contributed by atoms with Gasteiger partial charge in [0.05, 0.1) is 10.5 Å². The Balaban J connectivity index is 2.05. The fraction of sp³-hybridized carbons (Fsp3) is 0.500. The zero-order chi connectivity index (χ0) is 13.5. The first-order valence-corrected chi connectivity index (χ1v) is 8.21. The number of benzene rings is 1. The normalized spacial score (nSPS) is 18.2. The van der Waals surface area contributed by atoms with Gasteiger partial charge in [0.2, 0.25) is 5.95 Å². The summed E-state index contributed by atoms with van der Waals surface area (Å²) in [6.45, 7) is 0.927. The summed E-state index contributed by atoms with van der Waals surface area (Å²) >= 11 is 8.15. The first kappa shape index (κ1) is 13.1. The molecule has 3 nitrogen and oxygen atoms in total. The molecule has 5 heteroatoms. The number of aromatic nitrogens is 2. The largest absolute Gasteiger partial charge is 0.369 e. The Bertz CT molecular complexity index is 602. The van der Waals surface area contributed by atoms with E-state index >= 15 is 0 Å². The monoisotopic (exact) mass is 295 g/mol. The Morgan fingerprint density at radius 1 is 1.42 bits per heavy atom. The lowest BCUT2D eigenvalue weighted by atomic mass is 10.1. The van der Waals surface area contributed by atoms with Crippen LogP contribution in [0.3, 0.4) is 0 Å². The molecule has 2 aromatic rings. The number of para-hydroxylation sites is 1. The molecule has 0 atom stereocenters. The van der Waals surface area contributed by atoms with Crippen LogP contribution in [0.25, 0.3) is 11.0 Å². The second-order valence-electron chi connectivity index (χ2n) is 5.26. The fourth-order valence-corrected chi connectivity index (χ4v) is 4.20. The fourth-order valence-electron chi connectivity index (χ4n) is 3.03. The standard InChI is InChI=1S/C14H18ClN3S/c1-19-14(7-2-3-8-14)9-18-11-6-4-5-10(15)12(11)17-13(18)16/h4-6H,2-3,7-9H2,1H3,(H2,16,17). The maximum absolute atomic E-state index is 6.19. The predicted molar refractivity (Wildman–Crippen MR) is 83.9 cm³/mol. The highest BCUT2D eigenvalue weighted by Gasteiger charge is 2.34. The van der Waals surface area contributed by atoms with Crippen LogP contribution in [0.2, 0.25) is 5.02 Å². The number of nitrogens with zero attached hydrogens (tertiary/aromatic N) is 2. The van der Waals surface area contributed by atoms with E-state index in [9.17, 15) is 0 Å². The van der Waals surface area contributed by atoms with Crippen molar-refractivity contribution in [1.29, 1.82) is 0 Å². The average Bonchev–Trinajstić information content (AvgIpc) is 2.99. The Morgan fingerprint density at radius 2 is 2.16 bits per heavy atom. The lowest BCUT2D eigenvalue weighted by Crippen LogP contribution is -2.27. The third-order valence-corrected chi connectivity index (χ3v) is 5.86. The van der Waals surface area contributed by atoms with Gasteiger partial charge in [0, 0.05) is 11.3 Å². The first-order chi connectivity index (χ1) is 9.15. The Labute approximate surface area is 122 Å². The molecule has 1 fully saturated rings. The van der Waals surface area contributed by atoms with E-state index in [-0.39, 0.29) is 0 Å². The number of nitrogens with two attached hydrogens (primary N) is 1. The second kappa shape index (κ2) is 4.91. The van der Waals surface area contributed by atoms with Crippen LogP contribution < -0.4 is 5.73 Å². The van der Waals surface area contributed by atoms with Crippen molar-refractivity contribution in [1.82, 2.24) is 9.55 Å². The smallest absolute Gasteiger partial charge is 0.201 e. The number of thioether (sulfide) groups is 1. The summed E-state index contributed by atoms with van der Waals surface area (Å²) in [6, 6.07) is 5.87. The number of anilines is 1. The number of hydrogen-bond acceptors (Lipinski definition) is 3. The van der Waals surface area contributed by atoms with Crippen LogP contribution in [0, 0.1) is 0 Å². The van der Waals surface area contributed by atoms with Crippen LogP contribution in [0.1, 0.15) is 25.7 Å². The number of hydrogen-bond donors (Lipinski definition) is 1. The summed E-state index contributed by atoms with van der Waals surface area (Å²) in [5, 5.41) is 0.674. The summed E-state index contributed by atoms with van der Waals surface area (Å²) in [6.07, 6.45) is 7.34. The summed E-state index contributed by atoms with van der Waals surface area (Å²) in [7, 11) is 0. The van der Waals surface area contributed by atoms with Gasteiger partial charge < -0.3 is 10.3 Å². The minimum absolute atomic E-state index is 0.310. The molecule has 1 aliphatic rings. The van der Waals surface area contributed by atoms with E-state index in [1.165, 1.54) is 25.7 Å². The molecule has 102 valence electrons. The molecule has 0 unspecified atom stereocenters. The quantitative estimate of drug-likeness (QED) is 0.932. The first-order valence-electron chi connectivity index (χ1n) is 6.61. The Kier molecular flexibility index (Phi) is 3.39. The molecule has 0 spiro atoms. The van der Waals surface area contributed by atoms with E-state index in [1.807, 2.05) is 30.0 Å². The van der Waals surface area contributed by atoms with Crippen molar-refractivity contribution in [2.24, 2.45) is 0 Å². The zero-order valence-electron chi connectivity index (χ0n) is 11.0. The van der Waals surface area contributed by atoms with Gasteiger partial charge in [-0.05, 0) is 31.2 Å². The minimum Gasteiger partial charge on any atom is -0.369 e. The van der Waals surface area contributed by atoms with Crippen molar-refractivity contribution in [2.75, 3.05) is 12.0 Å². The van der Waals surface area contributed by atoms with E-state index in [4.69, 9.17) is 17.3 Å². The second-order valence-corrected chi connectivity index (χ2v) is 6.94. The lowest BCUT2D eigenvalue weighted by molar-refractivity contribution is 0.518. The third-order valence-electron chi connectivity index (χ3n) is 4.15. The maximum atomic E-state index is 6.19. The molecule has 0 bridgehead atoms. The molecule has 19 heavy (non-hydrogen) atoms. The molecule has 1 heterocycles. The maximum Gasteiger partial charge on any atom is 0.201 e. The zero-order valence-corrected chi connectivity index (χ0v) is 12.6. The minimum atomic E-state index is 0.310. The highest BCUT2D eigenvalue weighted by molar-refractivity contribution is 8.00. The van der Waals surface area contributed by atoms with Gasteiger partial charge in [-0.3, -0.25) is 0 Å². The van der Waals surface area contributed by atoms with Crippen LogP contribution in [-0.2, 0) is 6.54 Å². The van der Waals surface area contributed by atoms with Crippen LogP contribution in [0.15, 0.2) is 18.2 Å². The van der Waals surface area contributed by atoms with Crippen molar-refractivity contribution in [3.8, 4) is 0 Å². The molecule has 0 saturated heterocycles. The van der Waals surface area contributed by atoms with Gasteiger partial charge in [0.25, 0.3) is 0 Å². The molecular formula is C14H18ClN3S. The van der Waals surface area contributed by atoms with E-state index in [1.54, 1.807) is 0 Å². The van der Waals surface area contributed by atoms with Gasteiger partial charge in [0.15, 0.2) is 0 Å². The topological polar surface area (TPSA) is 43.8 Å². The molecule has 1 aromatic carbocycles. The molecule has 1 saturated carbocycles. The van der Waals surface area contributed by atoms with Crippen molar-refractivity contribution >= 4 is 40.3 Å². The molecule has 0 aliphatic heterocycles. The molecule has 3 rings (SSSR count). The molecule has 2 N–H and O–H groups in total. The Morgan fingerprint density at radius 3 is 2.84 bits per heavy atom. The number of nitrogen functional groups attached to an aromatic ring is 1. The summed E-state index contributed by atoms with van der Waals surface area (Å²) < 4.78 is 2.44. The molecule has 0 radical (unpaired) electrons. The predicted octanol–water partition coefficient (Wildman–Crippen LogP) is 3.95. The molecule has 1 aliphatic carbocycles. The highest BCUT2D eigenvalue weighted by Crippen LogP contribution is 2.42. The van der Waals surface area contributed by atoms with Crippen LogP contribution in [-0.4, -0.2) is 20.6 Å². The van der Waals surface area contributed by atoms with E-state index < -0.39 is 0 Å². The lowest BCUT2D eigenvalue weighted by Gasteiger charge is -2.27. The van der Waals surface area contributed by atoms with Crippen molar-refractivity contribution in [3.63, 3.8) is 0 Å². The van der Waals surface area contributed by atoms with Crippen LogP contribution in [0.4, 0.5) is 5.95 Å². The van der Waals surface area contributed by atoms with Gasteiger partial charge >= 0.3 is 0 Å². The van der Waals surface area contributed by atoms with Crippen molar-refractivity contribution in [2.45, 2.75) is 37.0 Å². The molecule has 0 amide bonds. The van der Waals surface area contributed by atoms with Crippen LogP contribution >= 0.6 is 23.4 Å². The van der Waals surface area contributed by atoms with E-state index in [2.05, 4.69) is 15.8 Å². The van der Waals surface area contributed by atoms with E-state index in [0.29, 0.717) is 15.7 Å². The number of halogens is 1. The molecule has 1 aromatic heterocycles. The number of fused-ring (bicyclic) bond motifs is 1. The summed E-state index contributed by atoms with van der Waals surface area (Å²) in [5.41, 5.74) is 7.96. The molecular weight excluding hydrogens is 278 g/mol. The van der Waals surface area contributed by atoms with Crippen molar-refractivity contribution in [3.05, 3.63) is 23.2 Å².